The number of thiophene rings is 1. The third-order valence-electron chi connectivity index (χ3n) is 4.26. The number of para-hydroxylation sites is 2. The van der Waals surface area contributed by atoms with E-state index in [0.717, 1.165) is 0 Å². The number of nitrogens with one attached hydrogen (secondary N) is 2. The normalized spacial score (nSPS) is 11.5. The Hall–Kier alpha value is -2.78. The first kappa shape index (κ1) is 12.7. The molecule has 0 fully saturated rings. The summed E-state index contributed by atoms with van der Waals surface area (Å²) in [6.07, 6.45) is 0. The highest BCUT2D eigenvalue weighted by atomic mass is 32.1. The van der Waals surface area contributed by atoms with Gasteiger partial charge in [0.1, 0.15) is 0 Å². The summed E-state index contributed by atoms with van der Waals surface area (Å²) in [4.78, 5) is 8.34. The van der Waals surface area contributed by atoms with Crippen molar-refractivity contribution < 1.29 is 0 Å². The summed E-state index contributed by atoms with van der Waals surface area (Å²) in [5.41, 5.74) is 5.95. The minimum Gasteiger partial charge on any atom is -0.354 e. The summed E-state index contributed by atoms with van der Waals surface area (Å²) >= 11 is 1.77. The Labute approximate surface area is 137 Å². The SMILES string of the molecule is c1ccc2[nH]c(-c3ccsc3-c3cc4ccccc4[nH]3)cc2c1. The Kier molecular flexibility index (Phi) is 2.69. The molecular formula is C20H14N2S. The van der Waals surface area contributed by atoms with Gasteiger partial charge in [-0.15, -0.1) is 11.3 Å². The number of hydrogen-bond donors (Lipinski definition) is 2. The van der Waals surface area contributed by atoms with E-state index < -0.39 is 0 Å². The van der Waals surface area contributed by atoms with Crippen molar-refractivity contribution in [2.45, 2.75) is 0 Å². The number of aromatic amines is 2. The van der Waals surface area contributed by atoms with Crippen molar-refractivity contribution in [2.24, 2.45) is 0 Å². The van der Waals surface area contributed by atoms with E-state index in [0.29, 0.717) is 0 Å². The Balaban J connectivity index is 1.69. The molecule has 0 atom stereocenters. The van der Waals surface area contributed by atoms with Crippen molar-refractivity contribution in [3.05, 3.63) is 72.1 Å². The van der Waals surface area contributed by atoms with Gasteiger partial charge in [0.2, 0.25) is 0 Å². The lowest BCUT2D eigenvalue weighted by molar-refractivity contribution is 1.44. The van der Waals surface area contributed by atoms with Crippen LogP contribution in [0.15, 0.2) is 72.1 Å². The lowest BCUT2D eigenvalue weighted by Crippen LogP contribution is -1.78. The van der Waals surface area contributed by atoms with Gasteiger partial charge in [0.25, 0.3) is 0 Å². The van der Waals surface area contributed by atoms with Gasteiger partial charge in [-0.05, 0) is 35.7 Å². The number of aromatic nitrogens is 2. The predicted octanol–water partition coefficient (Wildman–Crippen LogP) is 6.04. The molecule has 23 heavy (non-hydrogen) atoms. The molecule has 0 saturated heterocycles. The molecule has 0 unspecified atom stereocenters. The average molecular weight is 314 g/mol. The fraction of sp³-hybridized carbons (Fsp3) is 0. The van der Waals surface area contributed by atoms with Crippen LogP contribution in [0.1, 0.15) is 0 Å². The maximum atomic E-state index is 3.54. The van der Waals surface area contributed by atoms with E-state index in [-0.39, 0.29) is 0 Å². The van der Waals surface area contributed by atoms with Crippen molar-refractivity contribution in [2.75, 3.05) is 0 Å². The van der Waals surface area contributed by atoms with Crippen LogP contribution in [0.3, 0.4) is 0 Å². The van der Waals surface area contributed by atoms with E-state index in [1.807, 2.05) is 0 Å². The average Bonchev–Trinajstić information content (AvgIpc) is 3.30. The van der Waals surface area contributed by atoms with Crippen molar-refractivity contribution in [3.63, 3.8) is 0 Å². The molecule has 0 saturated carbocycles. The first-order valence-corrected chi connectivity index (χ1v) is 8.50. The molecule has 0 bridgehead atoms. The van der Waals surface area contributed by atoms with Crippen LogP contribution < -0.4 is 0 Å². The van der Waals surface area contributed by atoms with Gasteiger partial charge in [0.05, 0.1) is 10.6 Å². The molecule has 0 aliphatic rings. The molecule has 0 aliphatic carbocycles. The van der Waals surface area contributed by atoms with Crippen LogP contribution in [0.2, 0.25) is 0 Å². The Morgan fingerprint density at radius 3 is 1.96 bits per heavy atom. The number of H-pyrrole nitrogens is 2. The topological polar surface area (TPSA) is 31.6 Å². The first-order valence-electron chi connectivity index (χ1n) is 7.62. The van der Waals surface area contributed by atoms with E-state index in [2.05, 4.69) is 82.1 Å². The molecular weight excluding hydrogens is 300 g/mol. The van der Waals surface area contributed by atoms with Gasteiger partial charge in [-0.3, -0.25) is 0 Å². The van der Waals surface area contributed by atoms with Crippen molar-refractivity contribution >= 4 is 33.1 Å². The second-order valence-electron chi connectivity index (χ2n) is 5.70. The molecule has 3 heteroatoms. The zero-order valence-corrected chi connectivity index (χ0v) is 13.2. The minimum absolute atomic E-state index is 1.17. The highest BCUT2D eigenvalue weighted by molar-refractivity contribution is 7.14. The summed E-state index contributed by atoms with van der Waals surface area (Å²) in [7, 11) is 0. The molecule has 2 N–H and O–H groups in total. The van der Waals surface area contributed by atoms with Gasteiger partial charge in [-0.1, -0.05) is 36.4 Å². The fourth-order valence-electron chi connectivity index (χ4n) is 3.14. The lowest BCUT2D eigenvalue weighted by atomic mass is 10.1. The van der Waals surface area contributed by atoms with E-state index in [1.165, 1.54) is 43.6 Å². The van der Waals surface area contributed by atoms with Crippen molar-refractivity contribution in [3.8, 4) is 21.8 Å². The zero-order chi connectivity index (χ0) is 15.2. The van der Waals surface area contributed by atoms with E-state index in [1.54, 1.807) is 11.3 Å². The summed E-state index contributed by atoms with van der Waals surface area (Å²) in [6, 6.07) is 23.5. The number of fused-ring (bicyclic) bond motifs is 2. The maximum Gasteiger partial charge on any atom is 0.0598 e. The van der Waals surface area contributed by atoms with Crippen LogP contribution >= 0.6 is 11.3 Å². The second-order valence-corrected chi connectivity index (χ2v) is 6.62. The molecule has 3 aromatic heterocycles. The number of rotatable bonds is 2. The predicted molar refractivity (Wildman–Crippen MR) is 98.9 cm³/mol. The van der Waals surface area contributed by atoms with E-state index >= 15 is 0 Å². The van der Waals surface area contributed by atoms with E-state index in [4.69, 9.17) is 0 Å². The minimum atomic E-state index is 1.17. The number of benzene rings is 2. The van der Waals surface area contributed by atoms with Gasteiger partial charge in [0.15, 0.2) is 0 Å². The Bertz CT molecular complexity index is 972. The molecule has 0 radical (unpaired) electrons. The third kappa shape index (κ3) is 2.01. The molecule has 0 spiro atoms. The molecule has 5 aromatic rings. The quantitative estimate of drug-likeness (QED) is 0.398. The van der Waals surface area contributed by atoms with Crippen LogP contribution in [0.5, 0.6) is 0 Å². The molecule has 3 heterocycles. The van der Waals surface area contributed by atoms with Gasteiger partial charge >= 0.3 is 0 Å². The van der Waals surface area contributed by atoms with Gasteiger partial charge < -0.3 is 9.97 Å². The van der Waals surface area contributed by atoms with Gasteiger partial charge in [-0.25, -0.2) is 0 Å². The first-order chi connectivity index (χ1) is 11.4. The number of hydrogen-bond acceptors (Lipinski definition) is 1. The summed E-state index contributed by atoms with van der Waals surface area (Å²) in [5.74, 6) is 0. The fourth-order valence-corrected chi connectivity index (χ4v) is 4.03. The van der Waals surface area contributed by atoms with Gasteiger partial charge in [0, 0.05) is 33.1 Å². The zero-order valence-electron chi connectivity index (χ0n) is 12.3. The van der Waals surface area contributed by atoms with Crippen molar-refractivity contribution in [1.82, 2.24) is 9.97 Å². The van der Waals surface area contributed by atoms with Crippen LogP contribution in [0.25, 0.3) is 43.6 Å². The standard InChI is InChI=1S/C20H14N2S/c1-3-7-16-13(5-1)11-18(21-16)15-9-10-23-20(15)19-12-14-6-2-4-8-17(14)22-19/h1-12,21-22H. The van der Waals surface area contributed by atoms with Crippen LogP contribution in [-0.4, -0.2) is 9.97 Å². The Morgan fingerprint density at radius 2 is 1.26 bits per heavy atom. The monoisotopic (exact) mass is 314 g/mol. The summed E-state index contributed by atoms with van der Waals surface area (Å²) in [5, 5.41) is 4.65. The molecule has 110 valence electrons. The van der Waals surface area contributed by atoms with Crippen LogP contribution in [0, 0.1) is 0 Å². The molecule has 0 amide bonds. The highest BCUT2D eigenvalue weighted by Crippen LogP contribution is 2.38. The van der Waals surface area contributed by atoms with Crippen molar-refractivity contribution in [1.29, 1.82) is 0 Å². The summed E-state index contributed by atoms with van der Waals surface area (Å²) in [6.45, 7) is 0. The van der Waals surface area contributed by atoms with Crippen LogP contribution in [-0.2, 0) is 0 Å². The van der Waals surface area contributed by atoms with E-state index in [9.17, 15) is 0 Å². The van der Waals surface area contributed by atoms with Gasteiger partial charge in [-0.2, -0.15) is 0 Å². The van der Waals surface area contributed by atoms with Crippen LogP contribution in [0.4, 0.5) is 0 Å². The highest BCUT2D eigenvalue weighted by Gasteiger charge is 2.13. The molecule has 5 rings (SSSR count). The Morgan fingerprint density at radius 1 is 0.652 bits per heavy atom. The summed E-state index contributed by atoms with van der Waals surface area (Å²) < 4.78 is 0. The molecule has 2 nitrogen and oxygen atoms in total. The molecule has 2 aromatic carbocycles. The smallest absolute Gasteiger partial charge is 0.0598 e. The maximum absolute atomic E-state index is 3.54. The largest absolute Gasteiger partial charge is 0.354 e. The molecule has 0 aliphatic heterocycles. The third-order valence-corrected chi connectivity index (χ3v) is 5.21. The lowest BCUT2D eigenvalue weighted by Gasteiger charge is -1.99. The second kappa shape index (κ2) is 4.86.